The first-order chi connectivity index (χ1) is 20.8. The fourth-order valence-corrected chi connectivity index (χ4v) is 7.57. The molecule has 2 atom stereocenters. The molecule has 2 aromatic heterocycles. The lowest BCUT2D eigenvalue weighted by Crippen LogP contribution is -3.28. The van der Waals surface area contributed by atoms with E-state index in [4.69, 9.17) is 34.8 Å². The normalized spacial score (nSPS) is 19.1. The van der Waals surface area contributed by atoms with E-state index in [0.717, 1.165) is 74.8 Å². The Kier molecular flexibility index (Phi) is 8.03. The minimum atomic E-state index is -0.490. The topological polar surface area (TPSA) is 59.2 Å². The largest absolute Gasteiger partial charge is 0.385 e. The third-order valence-electron chi connectivity index (χ3n) is 9.02. The molecule has 6 aromatic rings. The van der Waals surface area contributed by atoms with Crippen molar-refractivity contribution in [1.82, 2.24) is 9.13 Å². The first-order valence-electron chi connectivity index (χ1n) is 14.9. The zero-order valence-corrected chi connectivity index (χ0v) is 26.0. The van der Waals surface area contributed by atoms with Crippen LogP contribution in [-0.4, -0.2) is 70.8 Å². The first kappa shape index (κ1) is 28.9. The Morgan fingerprint density at radius 2 is 0.907 bits per heavy atom. The molecule has 1 fully saturated rings. The summed E-state index contributed by atoms with van der Waals surface area (Å²) in [6.45, 7) is 6.29. The molecule has 3 heterocycles. The van der Waals surface area contributed by atoms with E-state index in [-0.39, 0.29) is 0 Å². The van der Waals surface area contributed by atoms with Crippen LogP contribution in [0.15, 0.2) is 78.9 Å². The first-order valence-corrected chi connectivity index (χ1v) is 16.0. The predicted molar refractivity (Wildman–Crippen MR) is 177 cm³/mol. The van der Waals surface area contributed by atoms with Crippen LogP contribution in [-0.2, 0) is 13.1 Å². The van der Waals surface area contributed by atoms with Crippen molar-refractivity contribution < 1.29 is 20.0 Å². The summed E-state index contributed by atoms with van der Waals surface area (Å²) in [6, 6.07) is 26.1. The lowest BCUT2D eigenvalue weighted by atomic mass is 10.1. The Balaban J connectivity index is 0.978. The van der Waals surface area contributed by atoms with Gasteiger partial charge in [-0.3, -0.25) is 0 Å². The van der Waals surface area contributed by atoms with Gasteiger partial charge in [0.25, 0.3) is 0 Å². The Morgan fingerprint density at radius 3 is 1.35 bits per heavy atom. The average molecular weight is 638 g/mol. The molecule has 0 bridgehead atoms. The Hall–Kier alpha value is -2.81. The van der Waals surface area contributed by atoms with E-state index in [2.05, 4.69) is 21.3 Å². The molecule has 4 aromatic carbocycles. The van der Waals surface area contributed by atoms with Gasteiger partial charge in [-0.1, -0.05) is 53.0 Å². The number of nitrogens with zero attached hydrogens (tertiary/aromatic N) is 2. The van der Waals surface area contributed by atoms with Crippen molar-refractivity contribution >= 4 is 78.4 Å². The fourth-order valence-electron chi connectivity index (χ4n) is 7.05. The van der Waals surface area contributed by atoms with Crippen molar-refractivity contribution in [2.75, 3.05) is 39.3 Å². The molecule has 0 spiro atoms. The molecule has 0 radical (unpaired) electrons. The second-order valence-corrected chi connectivity index (χ2v) is 13.2. The van der Waals surface area contributed by atoms with Gasteiger partial charge in [0.2, 0.25) is 0 Å². The number of aromatic nitrogens is 2. The highest BCUT2D eigenvalue weighted by Crippen LogP contribution is 2.33. The molecule has 6 nitrogen and oxygen atoms in total. The van der Waals surface area contributed by atoms with E-state index < -0.39 is 12.2 Å². The quantitative estimate of drug-likeness (QED) is 0.204. The van der Waals surface area contributed by atoms with Crippen LogP contribution in [0.3, 0.4) is 0 Å². The Bertz CT molecular complexity index is 1880. The molecule has 1 aliphatic rings. The van der Waals surface area contributed by atoms with Gasteiger partial charge in [-0.2, -0.15) is 0 Å². The number of hydrogen-bond donors (Lipinski definition) is 4. The number of benzene rings is 4. The van der Waals surface area contributed by atoms with E-state index in [1.807, 2.05) is 66.7 Å². The Morgan fingerprint density at radius 1 is 0.535 bits per heavy atom. The molecule has 4 N–H and O–H groups in total. The second-order valence-electron chi connectivity index (χ2n) is 11.9. The van der Waals surface area contributed by atoms with E-state index in [1.54, 1.807) is 0 Å². The van der Waals surface area contributed by atoms with Gasteiger partial charge in [-0.05, 0) is 60.7 Å². The van der Waals surface area contributed by atoms with Crippen LogP contribution in [0.5, 0.6) is 0 Å². The second kappa shape index (κ2) is 11.9. The van der Waals surface area contributed by atoms with Crippen LogP contribution >= 0.6 is 34.8 Å². The minimum absolute atomic E-state index is 0.464. The number of quaternary nitrogens is 2. The van der Waals surface area contributed by atoms with Gasteiger partial charge in [-0.25, -0.2) is 0 Å². The van der Waals surface area contributed by atoms with Crippen LogP contribution in [0.4, 0.5) is 0 Å². The van der Waals surface area contributed by atoms with Gasteiger partial charge in [-0.15, -0.1) is 0 Å². The van der Waals surface area contributed by atoms with Gasteiger partial charge in [0.1, 0.15) is 51.5 Å². The van der Waals surface area contributed by atoms with Crippen molar-refractivity contribution in [2.24, 2.45) is 0 Å². The van der Waals surface area contributed by atoms with Crippen LogP contribution in [0.1, 0.15) is 0 Å². The fraction of sp³-hybridized carbons (Fsp3) is 0.294. The summed E-state index contributed by atoms with van der Waals surface area (Å²) in [5, 5.41) is 28.8. The minimum Gasteiger partial charge on any atom is -0.385 e. The maximum absolute atomic E-state index is 11.2. The maximum atomic E-state index is 11.2. The van der Waals surface area contributed by atoms with Crippen LogP contribution in [0, 0.1) is 0 Å². The molecule has 7 rings (SSSR count). The molecule has 9 heteroatoms. The molecule has 222 valence electrons. The zero-order chi connectivity index (χ0) is 29.7. The van der Waals surface area contributed by atoms with E-state index >= 15 is 0 Å². The summed E-state index contributed by atoms with van der Waals surface area (Å²) in [5.41, 5.74) is 4.31. The molecule has 0 amide bonds. The number of nitrogens with one attached hydrogen (secondary N) is 2. The highest BCUT2D eigenvalue weighted by Gasteiger charge is 2.28. The molecule has 0 unspecified atom stereocenters. The summed E-state index contributed by atoms with van der Waals surface area (Å²) in [4.78, 5) is 2.81. The third-order valence-corrected chi connectivity index (χ3v) is 9.73. The summed E-state index contributed by atoms with van der Waals surface area (Å²) < 4.78 is 4.40. The molecule has 0 saturated carbocycles. The number of hydrogen-bond acceptors (Lipinski definition) is 2. The highest BCUT2D eigenvalue weighted by molar-refractivity contribution is 6.33. The monoisotopic (exact) mass is 636 g/mol. The van der Waals surface area contributed by atoms with Crippen LogP contribution in [0.25, 0.3) is 43.6 Å². The van der Waals surface area contributed by atoms with Gasteiger partial charge in [0, 0.05) is 58.7 Å². The van der Waals surface area contributed by atoms with Crippen molar-refractivity contribution in [3.8, 4) is 0 Å². The summed E-state index contributed by atoms with van der Waals surface area (Å²) in [7, 11) is 0. The number of fused-ring (bicyclic) bond motifs is 6. The molecule has 43 heavy (non-hydrogen) atoms. The summed E-state index contributed by atoms with van der Waals surface area (Å²) in [6.07, 6.45) is -0.953. The lowest BCUT2D eigenvalue weighted by Gasteiger charge is -2.32. The number of halogens is 3. The molecular formula is C34H35Cl3N4O2+2. The standard InChI is InChI=1S/C34H33Cl3N4O2/c35-22-5-8-32-28(15-22)27-3-1-2-4-31(27)40(32)20-25(42)18-38-11-13-39(14-12-38)19-26(43)21-41-33-9-6-23(36)16-29(33)30-17-24(37)7-10-34(30)41/h1-10,15-17,25-26,42-43H,11-14,18-21H2/p+2/t25-,26-/m0/s1. The summed E-state index contributed by atoms with van der Waals surface area (Å²) in [5.74, 6) is 0. The Labute approximate surface area is 265 Å². The van der Waals surface area contributed by atoms with Crippen molar-refractivity contribution in [2.45, 2.75) is 25.3 Å². The highest BCUT2D eigenvalue weighted by atomic mass is 35.5. The smallest absolute Gasteiger partial charge is 0.127 e. The summed E-state index contributed by atoms with van der Waals surface area (Å²) >= 11 is 18.9. The van der Waals surface area contributed by atoms with Gasteiger partial charge in [0.15, 0.2) is 0 Å². The average Bonchev–Trinajstić information content (AvgIpc) is 3.45. The van der Waals surface area contributed by atoms with Crippen molar-refractivity contribution in [3.05, 3.63) is 93.9 Å². The van der Waals surface area contributed by atoms with E-state index in [0.29, 0.717) is 36.2 Å². The van der Waals surface area contributed by atoms with Gasteiger partial charge < -0.3 is 29.1 Å². The zero-order valence-electron chi connectivity index (χ0n) is 23.7. The number of aliphatic hydroxyl groups excluding tert-OH is 2. The number of aliphatic hydroxyl groups is 2. The maximum Gasteiger partial charge on any atom is 0.127 e. The van der Waals surface area contributed by atoms with Crippen LogP contribution in [0.2, 0.25) is 15.1 Å². The van der Waals surface area contributed by atoms with E-state index in [9.17, 15) is 10.2 Å². The predicted octanol–water partition coefficient (Wildman–Crippen LogP) is 4.07. The molecule has 1 aliphatic heterocycles. The lowest BCUT2D eigenvalue weighted by molar-refractivity contribution is -1.01. The van der Waals surface area contributed by atoms with Crippen molar-refractivity contribution in [1.29, 1.82) is 0 Å². The number of para-hydroxylation sites is 1. The molecular weight excluding hydrogens is 603 g/mol. The van der Waals surface area contributed by atoms with E-state index in [1.165, 1.54) is 9.80 Å². The third kappa shape index (κ3) is 5.74. The molecule has 1 saturated heterocycles. The SMILES string of the molecule is O[C@H](Cn1c2ccccc2c2cc(Cl)ccc21)C[NH+]1CC[NH+](C[C@H](O)Cn2c3ccc(Cl)cc3c3cc(Cl)ccc32)CC1. The number of piperazine rings is 1. The molecule has 0 aliphatic carbocycles. The van der Waals surface area contributed by atoms with Gasteiger partial charge >= 0.3 is 0 Å². The number of rotatable bonds is 8. The van der Waals surface area contributed by atoms with Crippen LogP contribution < -0.4 is 9.80 Å². The van der Waals surface area contributed by atoms with Crippen molar-refractivity contribution in [3.63, 3.8) is 0 Å². The van der Waals surface area contributed by atoms with Gasteiger partial charge in [0.05, 0.1) is 13.1 Å².